The number of benzene rings is 2. The molecule has 4 heteroatoms. The summed E-state index contributed by atoms with van der Waals surface area (Å²) < 4.78 is 38.3. The van der Waals surface area contributed by atoms with E-state index in [1.165, 1.54) is 12.1 Å². The number of alkyl halides is 3. The molecule has 112 valence electrons. The second kappa shape index (κ2) is 5.90. The zero-order valence-electron chi connectivity index (χ0n) is 11.8. The van der Waals surface area contributed by atoms with Gasteiger partial charge in [-0.1, -0.05) is 55.5 Å². The van der Waals surface area contributed by atoms with Crippen LogP contribution in [0.4, 0.5) is 13.2 Å². The Hall–Kier alpha value is -1.81. The van der Waals surface area contributed by atoms with Gasteiger partial charge >= 0.3 is 6.18 Å². The first-order valence-corrected chi connectivity index (χ1v) is 6.86. The molecule has 2 aromatic rings. The first kappa shape index (κ1) is 15.6. The molecular formula is C17H18F3N. The summed E-state index contributed by atoms with van der Waals surface area (Å²) in [4.78, 5) is 0. The van der Waals surface area contributed by atoms with Crippen molar-refractivity contribution >= 4 is 0 Å². The van der Waals surface area contributed by atoms with Crippen molar-refractivity contribution in [1.29, 1.82) is 0 Å². The Morgan fingerprint density at radius 2 is 1.52 bits per heavy atom. The number of hydrogen-bond acceptors (Lipinski definition) is 1. The summed E-state index contributed by atoms with van der Waals surface area (Å²) in [5.74, 6) is 0. The fourth-order valence-electron chi connectivity index (χ4n) is 2.42. The number of rotatable bonds is 4. The molecule has 0 spiro atoms. The van der Waals surface area contributed by atoms with Crippen molar-refractivity contribution in [2.75, 3.05) is 0 Å². The fourth-order valence-corrected chi connectivity index (χ4v) is 2.42. The molecule has 0 heterocycles. The van der Waals surface area contributed by atoms with Crippen molar-refractivity contribution in [1.82, 2.24) is 0 Å². The highest BCUT2D eigenvalue weighted by Crippen LogP contribution is 2.32. The van der Waals surface area contributed by atoms with Gasteiger partial charge in [-0.05, 0) is 30.0 Å². The van der Waals surface area contributed by atoms with Crippen LogP contribution in [0.5, 0.6) is 0 Å². The van der Waals surface area contributed by atoms with Crippen molar-refractivity contribution in [2.45, 2.75) is 31.5 Å². The molecule has 2 aromatic carbocycles. The second-order valence-corrected chi connectivity index (χ2v) is 5.25. The molecule has 21 heavy (non-hydrogen) atoms. The van der Waals surface area contributed by atoms with Crippen LogP contribution in [0.2, 0.25) is 0 Å². The predicted molar refractivity (Wildman–Crippen MR) is 77.7 cm³/mol. The second-order valence-electron chi connectivity index (χ2n) is 5.25. The lowest BCUT2D eigenvalue weighted by Crippen LogP contribution is -2.38. The van der Waals surface area contributed by atoms with Crippen molar-refractivity contribution < 1.29 is 13.2 Å². The molecule has 0 fully saturated rings. The van der Waals surface area contributed by atoms with E-state index in [1.54, 1.807) is 6.07 Å². The Kier molecular flexibility index (Phi) is 4.37. The third kappa shape index (κ3) is 3.64. The topological polar surface area (TPSA) is 26.0 Å². The summed E-state index contributed by atoms with van der Waals surface area (Å²) >= 11 is 0. The maximum absolute atomic E-state index is 12.8. The quantitative estimate of drug-likeness (QED) is 0.881. The lowest BCUT2D eigenvalue weighted by atomic mass is 9.82. The van der Waals surface area contributed by atoms with Crippen LogP contribution in [-0.2, 0) is 18.1 Å². The van der Waals surface area contributed by atoms with Crippen LogP contribution in [0.3, 0.4) is 0 Å². The van der Waals surface area contributed by atoms with E-state index >= 15 is 0 Å². The average molecular weight is 293 g/mol. The van der Waals surface area contributed by atoms with Gasteiger partial charge in [0, 0.05) is 5.54 Å². The van der Waals surface area contributed by atoms with Gasteiger partial charge < -0.3 is 5.73 Å². The van der Waals surface area contributed by atoms with Crippen molar-refractivity contribution in [3.05, 3.63) is 71.3 Å². The van der Waals surface area contributed by atoms with Crippen LogP contribution in [0.25, 0.3) is 0 Å². The molecule has 2 N–H and O–H groups in total. The first-order valence-electron chi connectivity index (χ1n) is 6.86. The molecule has 0 aromatic heterocycles. The fraction of sp³-hybridized carbons (Fsp3) is 0.294. The Bertz CT molecular complexity index is 592. The van der Waals surface area contributed by atoms with Crippen molar-refractivity contribution in [3.63, 3.8) is 0 Å². The highest BCUT2D eigenvalue weighted by Gasteiger charge is 2.31. The molecule has 1 unspecified atom stereocenters. The van der Waals surface area contributed by atoms with E-state index in [9.17, 15) is 13.2 Å². The molecule has 0 bridgehead atoms. The van der Waals surface area contributed by atoms with Crippen LogP contribution in [-0.4, -0.2) is 0 Å². The monoisotopic (exact) mass is 293 g/mol. The van der Waals surface area contributed by atoms with Gasteiger partial charge in [0.15, 0.2) is 0 Å². The lowest BCUT2D eigenvalue weighted by molar-refractivity contribution is -0.137. The van der Waals surface area contributed by atoms with Crippen LogP contribution in [0.15, 0.2) is 54.6 Å². The number of halogens is 3. The van der Waals surface area contributed by atoms with E-state index in [0.717, 1.165) is 11.6 Å². The third-order valence-electron chi connectivity index (χ3n) is 3.75. The average Bonchev–Trinajstić information content (AvgIpc) is 2.47. The summed E-state index contributed by atoms with van der Waals surface area (Å²) in [5.41, 5.74) is 6.66. The molecule has 0 saturated carbocycles. The van der Waals surface area contributed by atoms with Gasteiger partial charge in [0.05, 0.1) is 5.56 Å². The van der Waals surface area contributed by atoms with E-state index in [-0.39, 0.29) is 0 Å². The van der Waals surface area contributed by atoms with Crippen molar-refractivity contribution in [2.24, 2.45) is 5.73 Å². The van der Waals surface area contributed by atoms with Crippen LogP contribution in [0, 0.1) is 0 Å². The highest BCUT2D eigenvalue weighted by molar-refractivity contribution is 5.31. The molecule has 1 atom stereocenters. The summed E-state index contributed by atoms with van der Waals surface area (Å²) in [6, 6.07) is 14.9. The molecule has 1 nitrogen and oxygen atoms in total. The van der Waals surface area contributed by atoms with Gasteiger partial charge in [-0.15, -0.1) is 0 Å². The third-order valence-corrected chi connectivity index (χ3v) is 3.75. The summed E-state index contributed by atoms with van der Waals surface area (Å²) in [5, 5.41) is 0. The van der Waals surface area contributed by atoms with E-state index in [0.29, 0.717) is 18.4 Å². The van der Waals surface area contributed by atoms with Crippen LogP contribution >= 0.6 is 0 Å². The van der Waals surface area contributed by atoms with E-state index < -0.39 is 17.3 Å². The van der Waals surface area contributed by atoms with Gasteiger partial charge in [-0.25, -0.2) is 0 Å². The summed E-state index contributed by atoms with van der Waals surface area (Å²) in [6.45, 7) is 1.95. The van der Waals surface area contributed by atoms with Crippen LogP contribution < -0.4 is 5.73 Å². The van der Waals surface area contributed by atoms with Gasteiger partial charge in [-0.3, -0.25) is 0 Å². The van der Waals surface area contributed by atoms with E-state index in [4.69, 9.17) is 5.73 Å². The molecular weight excluding hydrogens is 275 g/mol. The molecule has 0 aliphatic rings. The maximum Gasteiger partial charge on any atom is 0.416 e. The SMILES string of the molecule is CCC(N)(Cc1cccc(C(F)(F)F)c1)c1ccccc1. The zero-order valence-corrected chi connectivity index (χ0v) is 11.8. The highest BCUT2D eigenvalue weighted by atomic mass is 19.4. The normalized spacial score (nSPS) is 14.7. The molecule has 0 amide bonds. The summed E-state index contributed by atoms with van der Waals surface area (Å²) in [7, 11) is 0. The Balaban J connectivity index is 2.31. The van der Waals surface area contributed by atoms with E-state index in [2.05, 4.69) is 0 Å². The number of nitrogens with two attached hydrogens (primary N) is 1. The van der Waals surface area contributed by atoms with Gasteiger partial charge in [0.2, 0.25) is 0 Å². The smallest absolute Gasteiger partial charge is 0.321 e. The Morgan fingerprint density at radius 3 is 2.10 bits per heavy atom. The minimum absolute atomic E-state index is 0.372. The molecule has 0 aliphatic carbocycles. The Morgan fingerprint density at radius 1 is 0.905 bits per heavy atom. The minimum atomic E-state index is -4.33. The molecule has 0 aliphatic heterocycles. The predicted octanol–water partition coefficient (Wildman–Crippen LogP) is 4.51. The Labute approximate surface area is 122 Å². The summed E-state index contributed by atoms with van der Waals surface area (Å²) in [6.07, 6.45) is -3.31. The van der Waals surface area contributed by atoms with Gasteiger partial charge in [-0.2, -0.15) is 13.2 Å². The molecule has 0 radical (unpaired) electrons. The van der Waals surface area contributed by atoms with Gasteiger partial charge in [0.1, 0.15) is 0 Å². The largest absolute Gasteiger partial charge is 0.416 e. The van der Waals surface area contributed by atoms with Gasteiger partial charge in [0.25, 0.3) is 0 Å². The standard InChI is InChI=1S/C17H18F3N/c1-2-16(21,14-8-4-3-5-9-14)12-13-7-6-10-15(11-13)17(18,19)20/h3-11H,2,12,21H2,1H3. The maximum atomic E-state index is 12.8. The van der Waals surface area contributed by atoms with E-state index in [1.807, 2.05) is 37.3 Å². The number of hydrogen-bond donors (Lipinski definition) is 1. The van der Waals surface area contributed by atoms with Crippen LogP contribution in [0.1, 0.15) is 30.0 Å². The zero-order chi connectivity index (χ0) is 15.5. The molecule has 0 saturated heterocycles. The minimum Gasteiger partial charge on any atom is -0.321 e. The lowest BCUT2D eigenvalue weighted by Gasteiger charge is -2.29. The first-order chi connectivity index (χ1) is 9.85. The molecule has 2 rings (SSSR count). The van der Waals surface area contributed by atoms with Crippen molar-refractivity contribution in [3.8, 4) is 0 Å².